The lowest BCUT2D eigenvalue weighted by molar-refractivity contribution is 1.18. The van der Waals surface area contributed by atoms with Crippen LogP contribution in [0.1, 0.15) is 0 Å². The number of fused-ring (bicyclic) bond motifs is 6. The van der Waals surface area contributed by atoms with Gasteiger partial charge in [0, 0.05) is 33.2 Å². The van der Waals surface area contributed by atoms with Crippen molar-refractivity contribution < 1.29 is 0 Å². The minimum absolute atomic E-state index is 1.09. The van der Waals surface area contributed by atoms with Gasteiger partial charge < -0.3 is 9.47 Å². The fourth-order valence-corrected chi connectivity index (χ4v) is 9.74. The van der Waals surface area contributed by atoms with Crippen LogP contribution in [0.25, 0.3) is 93.5 Å². The van der Waals surface area contributed by atoms with Gasteiger partial charge in [0.25, 0.3) is 0 Å². The van der Waals surface area contributed by atoms with Gasteiger partial charge >= 0.3 is 0 Å². The molecule has 0 saturated heterocycles. The molecular weight excluding hydrogens is 773 g/mol. The molecule has 64 heavy (non-hydrogen) atoms. The summed E-state index contributed by atoms with van der Waals surface area (Å²) in [5.41, 5.74) is 16.4. The van der Waals surface area contributed by atoms with E-state index in [9.17, 15) is 0 Å². The molecule has 0 atom stereocenters. The van der Waals surface area contributed by atoms with Crippen LogP contribution in [0.15, 0.2) is 255 Å². The van der Waals surface area contributed by atoms with E-state index in [4.69, 9.17) is 0 Å². The van der Waals surface area contributed by atoms with E-state index in [2.05, 4.69) is 264 Å². The Morgan fingerprint density at radius 2 is 0.797 bits per heavy atom. The summed E-state index contributed by atoms with van der Waals surface area (Å²) < 4.78 is 2.39. The lowest BCUT2D eigenvalue weighted by Crippen LogP contribution is -2.10. The summed E-state index contributed by atoms with van der Waals surface area (Å²) in [7, 11) is 0. The van der Waals surface area contributed by atoms with E-state index in [0.29, 0.717) is 0 Å². The van der Waals surface area contributed by atoms with Crippen molar-refractivity contribution in [3.8, 4) is 50.2 Å². The average molecular weight is 815 g/mol. The minimum atomic E-state index is 1.09. The van der Waals surface area contributed by atoms with E-state index in [-0.39, 0.29) is 0 Å². The van der Waals surface area contributed by atoms with Crippen molar-refractivity contribution >= 4 is 60.4 Å². The number of anilines is 3. The number of benzene rings is 11. The first-order chi connectivity index (χ1) is 31.7. The van der Waals surface area contributed by atoms with Crippen molar-refractivity contribution in [3.63, 3.8) is 0 Å². The minimum Gasteiger partial charge on any atom is -0.310 e. The smallest absolute Gasteiger partial charge is 0.0547 e. The molecule has 0 bridgehead atoms. The molecule has 1 aromatic heterocycles. The molecule has 12 rings (SSSR count). The van der Waals surface area contributed by atoms with Gasteiger partial charge in [-0.25, -0.2) is 0 Å². The van der Waals surface area contributed by atoms with Crippen molar-refractivity contribution in [2.75, 3.05) is 4.90 Å². The van der Waals surface area contributed by atoms with E-state index in [0.717, 1.165) is 28.3 Å². The molecule has 0 saturated carbocycles. The van der Waals surface area contributed by atoms with Gasteiger partial charge in [0.05, 0.1) is 16.7 Å². The predicted molar refractivity (Wildman–Crippen MR) is 272 cm³/mol. The van der Waals surface area contributed by atoms with Crippen LogP contribution in [0.5, 0.6) is 0 Å². The van der Waals surface area contributed by atoms with E-state index < -0.39 is 0 Å². The molecule has 0 spiro atoms. The monoisotopic (exact) mass is 814 g/mol. The molecule has 11 aromatic carbocycles. The van der Waals surface area contributed by atoms with Gasteiger partial charge in [0.15, 0.2) is 0 Å². The van der Waals surface area contributed by atoms with E-state index >= 15 is 0 Å². The molecule has 2 heteroatoms. The first-order valence-electron chi connectivity index (χ1n) is 22.0. The van der Waals surface area contributed by atoms with Crippen LogP contribution in [-0.2, 0) is 0 Å². The first kappa shape index (κ1) is 37.3. The highest BCUT2D eigenvalue weighted by atomic mass is 15.1. The van der Waals surface area contributed by atoms with Crippen LogP contribution >= 0.6 is 0 Å². The van der Waals surface area contributed by atoms with Crippen molar-refractivity contribution in [1.29, 1.82) is 0 Å². The molecule has 0 unspecified atom stereocenters. The second kappa shape index (κ2) is 15.8. The molecule has 0 fully saturated rings. The largest absolute Gasteiger partial charge is 0.310 e. The molecule has 12 aromatic rings. The fourth-order valence-electron chi connectivity index (χ4n) is 9.74. The maximum Gasteiger partial charge on any atom is 0.0547 e. The van der Waals surface area contributed by atoms with Crippen molar-refractivity contribution in [3.05, 3.63) is 255 Å². The predicted octanol–water partition coefficient (Wildman–Crippen LogP) is 17.2. The van der Waals surface area contributed by atoms with Crippen molar-refractivity contribution in [2.45, 2.75) is 0 Å². The zero-order valence-electron chi connectivity index (χ0n) is 35.1. The van der Waals surface area contributed by atoms with Crippen LogP contribution in [0, 0.1) is 0 Å². The number of para-hydroxylation sites is 2. The molecule has 0 aliphatic carbocycles. The number of nitrogens with zero attached hydrogens (tertiary/aromatic N) is 2. The molecule has 0 aliphatic heterocycles. The van der Waals surface area contributed by atoms with Gasteiger partial charge in [-0.15, -0.1) is 0 Å². The molecule has 300 valence electrons. The van der Waals surface area contributed by atoms with Gasteiger partial charge in [0.2, 0.25) is 0 Å². The Bertz CT molecular complexity index is 3640. The van der Waals surface area contributed by atoms with Crippen LogP contribution in [-0.4, -0.2) is 4.57 Å². The molecule has 1 heterocycles. The van der Waals surface area contributed by atoms with Crippen molar-refractivity contribution in [1.82, 2.24) is 4.57 Å². The highest BCUT2D eigenvalue weighted by Gasteiger charge is 2.20. The maximum absolute atomic E-state index is 2.43. The Morgan fingerprint density at radius 3 is 1.55 bits per heavy atom. The molecule has 2 nitrogen and oxygen atoms in total. The highest BCUT2D eigenvalue weighted by Crippen LogP contribution is 2.44. The lowest BCUT2D eigenvalue weighted by Gasteiger charge is -2.28. The topological polar surface area (TPSA) is 8.17 Å². The molecular formula is C62H42N2. The number of hydrogen-bond acceptors (Lipinski definition) is 1. The summed E-state index contributed by atoms with van der Waals surface area (Å²) in [6, 6.07) is 92.7. The van der Waals surface area contributed by atoms with E-state index in [1.807, 2.05) is 0 Å². The zero-order valence-corrected chi connectivity index (χ0v) is 35.1. The van der Waals surface area contributed by atoms with Crippen LogP contribution in [0.3, 0.4) is 0 Å². The van der Waals surface area contributed by atoms with Crippen molar-refractivity contribution in [2.24, 2.45) is 0 Å². The number of aromatic nitrogens is 1. The molecule has 0 amide bonds. The maximum atomic E-state index is 2.43. The number of hydrogen-bond donors (Lipinski definition) is 0. The van der Waals surface area contributed by atoms with Crippen LogP contribution < -0.4 is 4.90 Å². The van der Waals surface area contributed by atoms with Gasteiger partial charge in [-0.05, 0) is 121 Å². The second-order valence-corrected chi connectivity index (χ2v) is 16.5. The summed E-state index contributed by atoms with van der Waals surface area (Å²) >= 11 is 0. The summed E-state index contributed by atoms with van der Waals surface area (Å²) in [5, 5.41) is 7.42. The van der Waals surface area contributed by atoms with Crippen LogP contribution in [0.2, 0.25) is 0 Å². The SMILES string of the molecule is c1ccc(-c2ccc(-c3ccc(N(c4cccc(-c5cccc(-c6cccc7c6c6ccccc6n7-c6ccccc6)c5)c4)c4cc5ccccc5c5ccccc45)cc3)cc2)cc1. The van der Waals surface area contributed by atoms with E-state index in [1.54, 1.807) is 0 Å². The lowest BCUT2D eigenvalue weighted by atomic mass is 9.95. The Labute approximate surface area is 373 Å². The average Bonchev–Trinajstić information content (AvgIpc) is 3.72. The molecule has 0 radical (unpaired) electrons. The third kappa shape index (κ3) is 6.52. The highest BCUT2D eigenvalue weighted by molar-refractivity contribution is 6.16. The third-order valence-corrected chi connectivity index (χ3v) is 12.8. The Morgan fingerprint density at radius 1 is 0.281 bits per heavy atom. The molecule has 0 N–H and O–H groups in total. The second-order valence-electron chi connectivity index (χ2n) is 16.5. The summed E-state index contributed by atoms with van der Waals surface area (Å²) in [5.74, 6) is 0. The standard InChI is InChI=1S/C62H42N2/c1-3-16-43(17-4-1)44-32-34-45(35-33-44)46-36-38-52(39-37-46)63(61-42-50-18-7-8-25-54(50)56-26-9-10-27-57(56)61)53-24-14-20-48(41-53)47-19-13-21-49(40-47)55-29-15-31-60-62(55)58-28-11-12-30-59(58)64(60)51-22-5-2-6-23-51/h1-42H. The summed E-state index contributed by atoms with van der Waals surface area (Å²) in [6.07, 6.45) is 0. The number of rotatable bonds is 8. The zero-order chi connectivity index (χ0) is 42.4. The van der Waals surface area contributed by atoms with E-state index in [1.165, 1.54) is 82.3 Å². The Kier molecular flexibility index (Phi) is 9.20. The van der Waals surface area contributed by atoms with Gasteiger partial charge in [0.1, 0.15) is 0 Å². The fraction of sp³-hybridized carbons (Fsp3) is 0. The normalized spacial score (nSPS) is 11.4. The Hall–Kier alpha value is -8.46. The van der Waals surface area contributed by atoms with Gasteiger partial charge in [-0.3, -0.25) is 0 Å². The summed E-state index contributed by atoms with van der Waals surface area (Å²) in [6.45, 7) is 0. The summed E-state index contributed by atoms with van der Waals surface area (Å²) in [4.78, 5) is 2.43. The third-order valence-electron chi connectivity index (χ3n) is 12.8. The molecule has 0 aliphatic rings. The quantitative estimate of drug-likeness (QED) is 0.139. The van der Waals surface area contributed by atoms with Gasteiger partial charge in [-0.1, -0.05) is 194 Å². The Balaban J connectivity index is 0.978. The van der Waals surface area contributed by atoms with Gasteiger partial charge in [-0.2, -0.15) is 0 Å². The first-order valence-corrected chi connectivity index (χ1v) is 22.0. The van der Waals surface area contributed by atoms with Crippen LogP contribution in [0.4, 0.5) is 17.1 Å².